The Morgan fingerprint density at radius 1 is 0.769 bits per heavy atom. The molecule has 0 atom stereocenters. The number of nitrogens with one attached hydrogen (secondary N) is 1. The molecule has 4 aromatic rings. The standard InChI is InChI=1S/C31H27ClN2O5/c1-2-19-37-27-17-9-25(10-18-27)31(36)39-29-13-5-22(6-14-29)20-33-34-30(35)24-7-15-28(16-8-24)38-21-23-3-11-26(32)12-4-23/h3-18,20H,2,19,21H2,1H3,(H,34,35). The van der Waals surface area contributed by atoms with Gasteiger partial charge in [-0.25, -0.2) is 10.2 Å². The zero-order valence-electron chi connectivity index (χ0n) is 21.3. The van der Waals surface area contributed by atoms with Crippen molar-refractivity contribution >= 4 is 29.7 Å². The number of benzene rings is 4. The Balaban J connectivity index is 1.23. The molecular weight excluding hydrogens is 516 g/mol. The first-order valence-corrected chi connectivity index (χ1v) is 12.7. The topological polar surface area (TPSA) is 86.2 Å². The third-order valence-electron chi connectivity index (χ3n) is 5.47. The van der Waals surface area contributed by atoms with Crippen LogP contribution in [0.15, 0.2) is 102 Å². The van der Waals surface area contributed by atoms with E-state index in [1.165, 1.54) is 6.21 Å². The van der Waals surface area contributed by atoms with Crippen LogP contribution in [0.25, 0.3) is 0 Å². The fourth-order valence-corrected chi connectivity index (χ4v) is 3.50. The molecule has 7 nitrogen and oxygen atoms in total. The lowest BCUT2D eigenvalue weighted by molar-refractivity contribution is 0.0734. The molecule has 4 aromatic carbocycles. The number of rotatable bonds is 11. The summed E-state index contributed by atoms with van der Waals surface area (Å²) in [6.07, 6.45) is 2.41. The van der Waals surface area contributed by atoms with Crippen LogP contribution in [-0.4, -0.2) is 24.7 Å². The zero-order chi connectivity index (χ0) is 27.5. The molecule has 198 valence electrons. The van der Waals surface area contributed by atoms with E-state index in [1.807, 2.05) is 31.2 Å². The molecule has 0 saturated carbocycles. The minimum atomic E-state index is -0.466. The van der Waals surface area contributed by atoms with E-state index in [1.54, 1.807) is 72.8 Å². The van der Waals surface area contributed by atoms with Crippen molar-refractivity contribution in [2.45, 2.75) is 20.0 Å². The number of hydrogen-bond donors (Lipinski definition) is 1. The van der Waals surface area contributed by atoms with E-state index >= 15 is 0 Å². The van der Waals surface area contributed by atoms with Gasteiger partial charge in [-0.2, -0.15) is 5.10 Å². The SMILES string of the molecule is CCCOc1ccc(C(=O)Oc2ccc(C=NNC(=O)c3ccc(OCc4ccc(Cl)cc4)cc3)cc2)cc1. The van der Waals surface area contributed by atoms with Gasteiger partial charge in [-0.3, -0.25) is 4.79 Å². The van der Waals surface area contributed by atoms with Crippen molar-refractivity contribution < 1.29 is 23.8 Å². The van der Waals surface area contributed by atoms with Crippen molar-refractivity contribution in [2.75, 3.05) is 6.61 Å². The second-order valence-electron chi connectivity index (χ2n) is 8.47. The van der Waals surface area contributed by atoms with Crippen LogP contribution in [0.5, 0.6) is 17.2 Å². The summed E-state index contributed by atoms with van der Waals surface area (Å²) in [5.74, 6) is 0.925. The molecular formula is C31H27ClN2O5. The molecule has 0 fully saturated rings. The second-order valence-corrected chi connectivity index (χ2v) is 8.91. The molecule has 0 saturated heterocycles. The highest BCUT2D eigenvalue weighted by molar-refractivity contribution is 6.30. The number of hydrazone groups is 1. The van der Waals surface area contributed by atoms with Gasteiger partial charge in [0.05, 0.1) is 18.4 Å². The smallest absolute Gasteiger partial charge is 0.343 e. The van der Waals surface area contributed by atoms with Gasteiger partial charge in [0.2, 0.25) is 0 Å². The van der Waals surface area contributed by atoms with Crippen LogP contribution < -0.4 is 19.6 Å². The van der Waals surface area contributed by atoms with Crippen LogP contribution in [0.1, 0.15) is 45.2 Å². The van der Waals surface area contributed by atoms with Crippen LogP contribution in [0.4, 0.5) is 0 Å². The highest BCUT2D eigenvalue weighted by atomic mass is 35.5. The Bertz CT molecular complexity index is 1400. The van der Waals surface area contributed by atoms with Crippen molar-refractivity contribution in [3.8, 4) is 17.2 Å². The Labute approximate surface area is 232 Å². The lowest BCUT2D eigenvalue weighted by Gasteiger charge is -2.07. The van der Waals surface area contributed by atoms with Gasteiger partial charge in [0.1, 0.15) is 23.9 Å². The van der Waals surface area contributed by atoms with Crippen molar-refractivity contribution in [2.24, 2.45) is 5.10 Å². The fraction of sp³-hybridized carbons (Fsp3) is 0.129. The number of esters is 1. The van der Waals surface area contributed by atoms with E-state index in [0.717, 1.165) is 17.5 Å². The van der Waals surface area contributed by atoms with E-state index < -0.39 is 5.97 Å². The molecule has 0 aromatic heterocycles. The first-order valence-electron chi connectivity index (χ1n) is 12.4. The highest BCUT2D eigenvalue weighted by Crippen LogP contribution is 2.18. The Hall–Kier alpha value is -4.62. The van der Waals surface area contributed by atoms with Crippen molar-refractivity contribution in [3.05, 3.63) is 124 Å². The van der Waals surface area contributed by atoms with Crippen LogP contribution in [-0.2, 0) is 6.61 Å². The number of nitrogens with zero attached hydrogens (tertiary/aromatic N) is 1. The molecule has 1 amide bonds. The predicted molar refractivity (Wildman–Crippen MR) is 151 cm³/mol. The molecule has 8 heteroatoms. The summed E-state index contributed by atoms with van der Waals surface area (Å²) in [4.78, 5) is 24.8. The number of carbonyl (C=O) groups excluding carboxylic acids is 2. The molecule has 0 radical (unpaired) electrons. The number of ether oxygens (including phenoxy) is 3. The molecule has 1 N–H and O–H groups in total. The van der Waals surface area contributed by atoms with Crippen molar-refractivity contribution in [3.63, 3.8) is 0 Å². The minimum absolute atomic E-state index is 0.354. The fourth-order valence-electron chi connectivity index (χ4n) is 3.37. The molecule has 0 aliphatic heterocycles. The number of amides is 1. The number of hydrogen-bond acceptors (Lipinski definition) is 6. The van der Waals surface area contributed by atoms with Gasteiger partial charge in [0.15, 0.2) is 0 Å². The third kappa shape index (κ3) is 8.45. The predicted octanol–water partition coefficient (Wildman–Crippen LogP) is 6.69. The van der Waals surface area contributed by atoms with Crippen LogP contribution in [0.2, 0.25) is 5.02 Å². The minimum Gasteiger partial charge on any atom is -0.494 e. The van der Waals surface area contributed by atoms with Gasteiger partial charge in [0, 0.05) is 10.6 Å². The Morgan fingerprint density at radius 2 is 1.36 bits per heavy atom. The summed E-state index contributed by atoms with van der Waals surface area (Å²) >= 11 is 5.89. The lowest BCUT2D eigenvalue weighted by Crippen LogP contribution is -2.17. The summed E-state index contributed by atoms with van der Waals surface area (Å²) in [5, 5.41) is 4.68. The van der Waals surface area contributed by atoms with Crippen LogP contribution in [0, 0.1) is 0 Å². The Morgan fingerprint density at radius 3 is 2.00 bits per heavy atom. The van der Waals surface area contributed by atoms with Crippen molar-refractivity contribution in [1.29, 1.82) is 0 Å². The molecule has 0 heterocycles. The highest BCUT2D eigenvalue weighted by Gasteiger charge is 2.09. The molecule has 0 aliphatic carbocycles. The van der Waals surface area contributed by atoms with Gasteiger partial charge in [-0.15, -0.1) is 0 Å². The maximum absolute atomic E-state index is 12.4. The average Bonchev–Trinajstić information content (AvgIpc) is 2.97. The van der Waals surface area contributed by atoms with Gasteiger partial charge < -0.3 is 14.2 Å². The molecule has 4 rings (SSSR count). The quantitative estimate of drug-likeness (QED) is 0.0987. The normalized spacial score (nSPS) is 10.7. The van der Waals surface area contributed by atoms with Crippen LogP contribution >= 0.6 is 11.6 Å². The third-order valence-corrected chi connectivity index (χ3v) is 5.72. The second kappa shape index (κ2) is 13.8. The van der Waals surface area contributed by atoms with Gasteiger partial charge in [-0.1, -0.05) is 30.7 Å². The van der Waals surface area contributed by atoms with E-state index in [9.17, 15) is 9.59 Å². The average molecular weight is 543 g/mol. The Kier molecular flexibility index (Phi) is 9.69. The molecule has 39 heavy (non-hydrogen) atoms. The summed E-state index contributed by atoms with van der Waals surface area (Å²) < 4.78 is 16.7. The van der Waals surface area contributed by atoms with E-state index in [2.05, 4.69) is 10.5 Å². The summed E-state index contributed by atoms with van der Waals surface area (Å²) in [5.41, 5.74) is 5.08. The monoisotopic (exact) mass is 542 g/mol. The first kappa shape index (κ1) is 27.4. The summed E-state index contributed by atoms with van der Waals surface area (Å²) in [7, 11) is 0. The number of carbonyl (C=O) groups is 2. The summed E-state index contributed by atoms with van der Waals surface area (Å²) in [6, 6.07) is 27.8. The van der Waals surface area contributed by atoms with E-state index in [0.29, 0.717) is 46.6 Å². The van der Waals surface area contributed by atoms with Gasteiger partial charge in [0.25, 0.3) is 5.91 Å². The first-order chi connectivity index (χ1) is 19.0. The maximum atomic E-state index is 12.4. The molecule has 0 unspecified atom stereocenters. The zero-order valence-corrected chi connectivity index (χ0v) is 22.1. The molecule has 0 bridgehead atoms. The number of halogens is 1. The van der Waals surface area contributed by atoms with Gasteiger partial charge >= 0.3 is 5.97 Å². The molecule has 0 spiro atoms. The maximum Gasteiger partial charge on any atom is 0.343 e. The van der Waals surface area contributed by atoms with Crippen LogP contribution in [0.3, 0.4) is 0 Å². The van der Waals surface area contributed by atoms with Gasteiger partial charge in [-0.05, 0) is 102 Å². The van der Waals surface area contributed by atoms with E-state index in [4.69, 9.17) is 25.8 Å². The molecule has 0 aliphatic rings. The largest absolute Gasteiger partial charge is 0.494 e. The van der Waals surface area contributed by atoms with Crippen molar-refractivity contribution in [1.82, 2.24) is 5.43 Å². The lowest BCUT2D eigenvalue weighted by atomic mass is 10.2. The van der Waals surface area contributed by atoms with E-state index in [-0.39, 0.29) is 5.91 Å². The summed E-state index contributed by atoms with van der Waals surface area (Å²) in [6.45, 7) is 3.05.